The predicted octanol–water partition coefficient (Wildman–Crippen LogP) is 2.38. The molecule has 0 N–H and O–H groups in total. The molecule has 0 aliphatic carbocycles. The van der Waals surface area contributed by atoms with E-state index in [1.54, 1.807) is 30.3 Å². The second kappa shape index (κ2) is 6.27. The van der Waals surface area contributed by atoms with Gasteiger partial charge in [0, 0.05) is 29.6 Å². The molecule has 0 atom stereocenters. The van der Waals surface area contributed by atoms with E-state index in [0.29, 0.717) is 9.50 Å². The molecule has 4 nitrogen and oxygen atoms in total. The van der Waals surface area contributed by atoms with Crippen LogP contribution in [0.4, 0.5) is 0 Å². The van der Waals surface area contributed by atoms with Crippen molar-refractivity contribution in [3.63, 3.8) is 0 Å². The van der Waals surface area contributed by atoms with Crippen molar-refractivity contribution in [2.45, 2.75) is 0 Å². The SMILES string of the molecule is COC(=O)/C=C(\C(=O)N(Cl)Cl)c1ccccc1. The standard InChI is InChI=1S/C11H9Cl2NO3/c1-17-10(15)7-9(11(16)14(12)13)8-5-3-2-4-6-8/h2-7H,1H3/b9-7-. The zero-order chi connectivity index (χ0) is 12.8. The van der Waals surface area contributed by atoms with Crippen molar-refractivity contribution in [3.05, 3.63) is 42.0 Å². The van der Waals surface area contributed by atoms with Gasteiger partial charge in [-0.25, -0.2) is 4.79 Å². The fraction of sp³-hybridized carbons (Fsp3) is 0.0909. The molecule has 0 heterocycles. The number of rotatable bonds is 3. The summed E-state index contributed by atoms with van der Waals surface area (Å²) in [7, 11) is 1.21. The summed E-state index contributed by atoms with van der Waals surface area (Å²) in [5.74, 6) is -1.36. The molecule has 0 spiro atoms. The van der Waals surface area contributed by atoms with E-state index in [0.717, 1.165) is 6.08 Å². The van der Waals surface area contributed by atoms with Crippen molar-refractivity contribution in [3.8, 4) is 0 Å². The fourth-order valence-corrected chi connectivity index (χ4v) is 1.34. The molecule has 0 bridgehead atoms. The van der Waals surface area contributed by atoms with Crippen LogP contribution in [0, 0.1) is 0 Å². The number of methoxy groups -OCH3 is 1. The Morgan fingerprint density at radius 1 is 1.24 bits per heavy atom. The first-order valence-electron chi connectivity index (χ1n) is 4.57. The number of esters is 1. The van der Waals surface area contributed by atoms with Crippen LogP contribution in [0.1, 0.15) is 5.56 Å². The van der Waals surface area contributed by atoms with Gasteiger partial charge in [-0.15, -0.1) is 0 Å². The van der Waals surface area contributed by atoms with Crippen molar-refractivity contribution >= 4 is 41.0 Å². The van der Waals surface area contributed by atoms with Crippen molar-refractivity contribution in [1.82, 2.24) is 3.94 Å². The summed E-state index contributed by atoms with van der Waals surface area (Å²) in [4.78, 5) is 22.8. The Balaban J connectivity index is 3.17. The van der Waals surface area contributed by atoms with Crippen LogP contribution in [0.5, 0.6) is 0 Å². The molecule has 1 amide bonds. The molecule has 0 unspecified atom stereocenters. The number of benzene rings is 1. The molecule has 0 radical (unpaired) electrons. The summed E-state index contributed by atoms with van der Waals surface area (Å²) in [6.07, 6.45) is 1.04. The molecule has 90 valence electrons. The quantitative estimate of drug-likeness (QED) is 0.483. The van der Waals surface area contributed by atoms with Crippen LogP contribution in [-0.4, -0.2) is 22.9 Å². The number of hydrogen-bond donors (Lipinski definition) is 0. The molecule has 1 aromatic rings. The molecule has 0 aliphatic heterocycles. The van der Waals surface area contributed by atoms with Crippen LogP contribution in [0.25, 0.3) is 5.57 Å². The lowest BCUT2D eigenvalue weighted by Gasteiger charge is -2.08. The molecule has 0 aromatic heterocycles. The zero-order valence-electron chi connectivity index (χ0n) is 8.89. The third-order valence-electron chi connectivity index (χ3n) is 1.93. The van der Waals surface area contributed by atoms with Crippen LogP contribution in [0.15, 0.2) is 36.4 Å². The largest absolute Gasteiger partial charge is 0.466 e. The summed E-state index contributed by atoms with van der Waals surface area (Å²) < 4.78 is 4.82. The second-order valence-corrected chi connectivity index (χ2v) is 3.83. The smallest absolute Gasteiger partial charge is 0.331 e. The number of nitrogens with zero attached hydrogens (tertiary/aromatic N) is 1. The summed E-state index contributed by atoms with van der Waals surface area (Å²) in [5, 5.41) is 0. The second-order valence-electron chi connectivity index (χ2n) is 2.99. The summed E-state index contributed by atoms with van der Waals surface area (Å²) >= 11 is 10.7. The molecule has 0 fully saturated rings. The Hall–Kier alpha value is -1.52. The lowest BCUT2D eigenvalue weighted by Crippen LogP contribution is -2.14. The average Bonchev–Trinajstić information content (AvgIpc) is 2.35. The third-order valence-corrected chi connectivity index (χ3v) is 2.24. The maximum atomic E-state index is 11.7. The fourth-order valence-electron chi connectivity index (χ4n) is 1.15. The van der Waals surface area contributed by atoms with Crippen molar-refractivity contribution in [2.24, 2.45) is 0 Å². The summed E-state index contributed by atoms with van der Waals surface area (Å²) in [5.41, 5.74) is 0.580. The highest BCUT2D eigenvalue weighted by Crippen LogP contribution is 2.19. The van der Waals surface area contributed by atoms with Gasteiger partial charge in [-0.1, -0.05) is 30.3 Å². The van der Waals surface area contributed by atoms with E-state index in [1.165, 1.54) is 7.11 Å². The van der Waals surface area contributed by atoms with E-state index in [1.807, 2.05) is 0 Å². The van der Waals surface area contributed by atoms with E-state index >= 15 is 0 Å². The topological polar surface area (TPSA) is 46.6 Å². The van der Waals surface area contributed by atoms with Gasteiger partial charge in [-0.05, 0) is 5.56 Å². The highest BCUT2D eigenvalue weighted by Gasteiger charge is 2.18. The Morgan fingerprint density at radius 2 is 1.82 bits per heavy atom. The Kier molecular flexibility index (Phi) is 5.00. The van der Waals surface area contributed by atoms with Crippen LogP contribution >= 0.6 is 23.6 Å². The first kappa shape index (κ1) is 13.5. The van der Waals surface area contributed by atoms with Crippen LogP contribution < -0.4 is 0 Å². The number of halogens is 2. The van der Waals surface area contributed by atoms with Gasteiger partial charge in [0.15, 0.2) is 0 Å². The first-order valence-corrected chi connectivity index (χ1v) is 5.25. The van der Waals surface area contributed by atoms with Crippen LogP contribution in [0.2, 0.25) is 0 Å². The molecule has 1 aromatic carbocycles. The Bertz CT molecular complexity index is 443. The molecule has 6 heteroatoms. The van der Waals surface area contributed by atoms with Gasteiger partial charge in [0.05, 0.1) is 12.7 Å². The van der Waals surface area contributed by atoms with Gasteiger partial charge in [0.25, 0.3) is 5.91 Å². The van der Waals surface area contributed by atoms with Crippen LogP contribution in [-0.2, 0) is 14.3 Å². The Labute approximate surface area is 109 Å². The molecular formula is C11H9Cl2NO3. The minimum Gasteiger partial charge on any atom is -0.466 e. The normalized spacial score (nSPS) is 10.9. The average molecular weight is 274 g/mol. The van der Waals surface area contributed by atoms with E-state index in [-0.39, 0.29) is 5.57 Å². The van der Waals surface area contributed by atoms with Gasteiger partial charge in [0.2, 0.25) is 0 Å². The molecular weight excluding hydrogens is 265 g/mol. The third kappa shape index (κ3) is 3.76. The van der Waals surface area contributed by atoms with E-state index < -0.39 is 11.9 Å². The monoisotopic (exact) mass is 273 g/mol. The number of hydrogen-bond acceptors (Lipinski definition) is 3. The molecule has 0 saturated carbocycles. The minimum absolute atomic E-state index is 0.0578. The van der Waals surface area contributed by atoms with Crippen molar-refractivity contribution in [1.29, 1.82) is 0 Å². The number of ether oxygens (including phenoxy) is 1. The zero-order valence-corrected chi connectivity index (χ0v) is 10.4. The van der Waals surface area contributed by atoms with Gasteiger partial charge in [-0.2, -0.15) is 3.94 Å². The van der Waals surface area contributed by atoms with E-state index in [9.17, 15) is 9.59 Å². The first-order chi connectivity index (χ1) is 8.06. The number of carbonyl (C=O) groups excluding carboxylic acids is 2. The van der Waals surface area contributed by atoms with Gasteiger partial charge in [-0.3, -0.25) is 4.79 Å². The number of amides is 1. The lowest BCUT2D eigenvalue weighted by molar-refractivity contribution is -0.135. The lowest BCUT2D eigenvalue weighted by atomic mass is 10.1. The highest BCUT2D eigenvalue weighted by atomic mass is 35.5. The summed E-state index contributed by atoms with van der Waals surface area (Å²) in [6.45, 7) is 0. The van der Waals surface area contributed by atoms with Gasteiger partial charge in [0.1, 0.15) is 0 Å². The van der Waals surface area contributed by atoms with E-state index in [4.69, 9.17) is 23.6 Å². The molecule has 0 saturated heterocycles. The Morgan fingerprint density at radius 3 is 2.29 bits per heavy atom. The predicted molar refractivity (Wildman–Crippen MR) is 65.0 cm³/mol. The maximum absolute atomic E-state index is 11.7. The minimum atomic E-state index is -0.704. The van der Waals surface area contributed by atoms with Gasteiger partial charge < -0.3 is 4.74 Å². The number of carbonyl (C=O) groups is 2. The molecule has 0 aliphatic rings. The van der Waals surface area contributed by atoms with Crippen LogP contribution in [0.3, 0.4) is 0 Å². The maximum Gasteiger partial charge on any atom is 0.331 e. The van der Waals surface area contributed by atoms with Gasteiger partial charge >= 0.3 is 5.97 Å². The van der Waals surface area contributed by atoms with E-state index in [2.05, 4.69) is 4.74 Å². The highest BCUT2D eigenvalue weighted by molar-refractivity contribution is 6.47. The van der Waals surface area contributed by atoms with Crippen molar-refractivity contribution in [2.75, 3.05) is 7.11 Å². The molecule has 17 heavy (non-hydrogen) atoms. The summed E-state index contributed by atoms with van der Waals surface area (Å²) in [6, 6.07) is 8.54. The molecule has 1 rings (SSSR count). The van der Waals surface area contributed by atoms with Crippen molar-refractivity contribution < 1.29 is 14.3 Å².